The largest absolute Gasteiger partial charge is 0.396 e. The maximum atomic E-state index is 9.16. The van der Waals surface area contributed by atoms with Crippen LogP contribution in [0, 0.1) is 0 Å². The molecule has 1 aliphatic heterocycles. The van der Waals surface area contributed by atoms with Crippen molar-refractivity contribution in [3.8, 4) is 0 Å². The second-order valence-electron chi connectivity index (χ2n) is 4.96. The van der Waals surface area contributed by atoms with Crippen LogP contribution in [0.15, 0.2) is 12.3 Å². The summed E-state index contributed by atoms with van der Waals surface area (Å²) in [6.07, 6.45) is 6.21. The number of rotatable bonds is 4. The van der Waals surface area contributed by atoms with Crippen LogP contribution in [0.2, 0.25) is 0 Å². The van der Waals surface area contributed by atoms with Crippen molar-refractivity contribution in [2.75, 3.05) is 37.0 Å². The molecule has 0 spiro atoms. The molecule has 5 nitrogen and oxygen atoms in total. The van der Waals surface area contributed by atoms with Crippen molar-refractivity contribution in [3.05, 3.63) is 12.3 Å². The van der Waals surface area contributed by atoms with E-state index in [0.29, 0.717) is 6.04 Å². The molecule has 2 rings (SSSR count). The van der Waals surface area contributed by atoms with Crippen molar-refractivity contribution in [2.45, 2.75) is 31.7 Å². The van der Waals surface area contributed by atoms with Gasteiger partial charge in [0.1, 0.15) is 5.82 Å². The SMILES string of the molecule is CN(C)c1nccc(N2CCCCC2CCO)n1. The summed E-state index contributed by atoms with van der Waals surface area (Å²) in [6.45, 7) is 1.27. The summed E-state index contributed by atoms with van der Waals surface area (Å²) in [5.74, 6) is 1.72. The van der Waals surface area contributed by atoms with E-state index in [9.17, 15) is 0 Å². The molecule has 0 saturated carbocycles. The van der Waals surface area contributed by atoms with Gasteiger partial charge in [0.2, 0.25) is 5.95 Å². The molecule has 0 radical (unpaired) electrons. The van der Waals surface area contributed by atoms with E-state index in [1.165, 1.54) is 12.8 Å². The lowest BCUT2D eigenvalue weighted by Gasteiger charge is -2.36. The predicted octanol–water partition coefficient (Wildman–Crippen LogP) is 1.28. The van der Waals surface area contributed by atoms with Crippen molar-refractivity contribution < 1.29 is 5.11 Å². The van der Waals surface area contributed by atoms with E-state index in [2.05, 4.69) is 14.9 Å². The van der Waals surface area contributed by atoms with Crippen LogP contribution in [0.1, 0.15) is 25.7 Å². The normalized spacial score (nSPS) is 19.9. The van der Waals surface area contributed by atoms with Gasteiger partial charge in [0.25, 0.3) is 0 Å². The third kappa shape index (κ3) is 2.90. The number of aromatic nitrogens is 2. The van der Waals surface area contributed by atoms with Crippen molar-refractivity contribution in [2.24, 2.45) is 0 Å². The zero-order chi connectivity index (χ0) is 13.0. The van der Waals surface area contributed by atoms with Crippen LogP contribution in [-0.2, 0) is 0 Å². The average molecular weight is 250 g/mol. The van der Waals surface area contributed by atoms with E-state index in [-0.39, 0.29) is 6.61 Å². The highest BCUT2D eigenvalue weighted by Crippen LogP contribution is 2.25. The van der Waals surface area contributed by atoms with Gasteiger partial charge in [-0.3, -0.25) is 0 Å². The molecule has 1 aromatic rings. The minimum absolute atomic E-state index is 0.243. The van der Waals surface area contributed by atoms with E-state index in [0.717, 1.165) is 31.2 Å². The first-order chi connectivity index (χ1) is 8.72. The van der Waals surface area contributed by atoms with Crippen LogP contribution in [0.25, 0.3) is 0 Å². The Balaban J connectivity index is 2.19. The lowest BCUT2D eigenvalue weighted by Crippen LogP contribution is -2.40. The van der Waals surface area contributed by atoms with Crippen LogP contribution in [-0.4, -0.2) is 48.4 Å². The molecule has 5 heteroatoms. The molecule has 1 fully saturated rings. The zero-order valence-electron chi connectivity index (χ0n) is 11.2. The van der Waals surface area contributed by atoms with Gasteiger partial charge in [0.05, 0.1) is 0 Å². The molecule has 0 amide bonds. The molecule has 0 aromatic carbocycles. The molecule has 2 heterocycles. The molecule has 1 aliphatic rings. The van der Waals surface area contributed by atoms with Crippen molar-refractivity contribution in [1.82, 2.24) is 9.97 Å². The second kappa shape index (κ2) is 6.00. The summed E-state index contributed by atoms with van der Waals surface area (Å²) >= 11 is 0. The fourth-order valence-corrected chi connectivity index (χ4v) is 2.47. The van der Waals surface area contributed by atoms with Gasteiger partial charge in [-0.05, 0) is 31.7 Å². The third-order valence-corrected chi connectivity index (χ3v) is 3.41. The number of hydrogen-bond acceptors (Lipinski definition) is 5. The molecular formula is C13H22N4O. The van der Waals surface area contributed by atoms with E-state index in [1.54, 1.807) is 0 Å². The Hall–Kier alpha value is -1.36. The van der Waals surface area contributed by atoms with Crippen LogP contribution in [0.4, 0.5) is 11.8 Å². The topological polar surface area (TPSA) is 52.5 Å². The summed E-state index contributed by atoms with van der Waals surface area (Å²) in [5.41, 5.74) is 0. The van der Waals surface area contributed by atoms with Gasteiger partial charge in [-0.15, -0.1) is 0 Å². The maximum absolute atomic E-state index is 9.16. The van der Waals surface area contributed by atoms with Crippen molar-refractivity contribution in [1.29, 1.82) is 0 Å². The summed E-state index contributed by atoms with van der Waals surface area (Å²) < 4.78 is 0. The van der Waals surface area contributed by atoms with Gasteiger partial charge >= 0.3 is 0 Å². The van der Waals surface area contributed by atoms with Gasteiger partial charge in [0, 0.05) is 39.5 Å². The van der Waals surface area contributed by atoms with E-state index in [1.807, 2.05) is 31.3 Å². The minimum Gasteiger partial charge on any atom is -0.396 e. The highest BCUT2D eigenvalue weighted by molar-refractivity contribution is 5.44. The quantitative estimate of drug-likeness (QED) is 0.872. The van der Waals surface area contributed by atoms with Crippen molar-refractivity contribution >= 4 is 11.8 Å². The van der Waals surface area contributed by atoms with Gasteiger partial charge in [-0.25, -0.2) is 4.98 Å². The molecule has 1 aromatic heterocycles. The van der Waals surface area contributed by atoms with E-state index < -0.39 is 0 Å². The first-order valence-corrected chi connectivity index (χ1v) is 6.60. The minimum atomic E-state index is 0.243. The van der Waals surface area contributed by atoms with Gasteiger partial charge in [-0.2, -0.15) is 4.98 Å². The predicted molar refractivity (Wildman–Crippen MR) is 73.0 cm³/mol. The monoisotopic (exact) mass is 250 g/mol. The Kier molecular flexibility index (Phi) is 4.36. The number of anilines is 2. The van der Waals surface area contributed by atoms with Crippen LogP contribution < -0.4 is 9.80 Å². The number of nitrogens with zero attached hydrogens (tertiary/aromatic N) is 4. The fourth-order valence-electron chi connectivity index (χ4n) is 2.47. The molecule has 100 valence electrons. The third-order valence-electron chi connectivity index (χ3n) is 3.41. The summed E-state index contributed by atoms with van der Waals surface area (Å²) in [7, 11) is 3.89. The first-order valence-electron chi connectivity index (χ1n) is 6.60. The Morgan fingerprint density at radius 2 is 2.28 bits per heavy atom. The molecular weight excluding hydrogens is 228 g/mol. The Morgan fingerprint density at radius 1 is 1.44 bits per heavy atom. The summed E-state index contributed by atoms with van der Waals surface area (Å²) in [4.78, 5) is 13.1. The highest BCUT2D eigenvalue weighted by atomic mass is 16.3. The number of piperidine rings is 1. The molecule has 0 aliphatic carbocycles. The molecule has 1 unspecified atom stereocenters. The standard InChI is InChI=1S/C13H22N4O/c1-16(2)13-14-8-6-12(15-13)17-9-4-3-5-11(17)7-10-18/h6,8,11,18H,3-5,7,9-10H2,1-2H3. The van der Waals surface area contributed by atoms with Crippen LogP contribution >= 0.6 is 0 Å². The number of aliphatic hydroxyl groups excluding tert-OH is 1. The first kappa shape index (κ1) is 13.1. The summed E-state index contributed by atoms with van der Waals surface area (Å²) in [6, 6.07) is 2.37. The van der Waals surface area contributed by atoms with Crippen LogP contribution in [0.3, 0.4) is 0 Å². The average Bonchev–Trinajstić information content (AvgIpc) is 2.40. The lowest BCUT2D eigenvalue weighted by molar-refractivity contribution is 0.262. The van der Waals surface area contributed by atoms with E-state index in [4.69, 9.17) is 5.11 Å². The summed E-state index contributed by atoms with van der Waals surface area (Å²) in [5, 5.41) is 9.16. The molecule has 1 atom stereocenters. The Bertz CT molecular complexity index is 381. The lowest BCUT2D eigenvalue weighted by atomic mass is 10.00. The van der Waals surface area contributed by atoms with Crippen LogP contribution in [0.5, 0.6) is 0 Å². The van der Waals surface area contributed by atoms with Crippen molar-refractivity contribution in [3.63, 3.8) is 0 Å². The molecule has 0 bridgehead atoms. The number of hydrogen-bond donors (Lipinski definition) is 1. The van der Waals surface area contributed by atoms with Gasteiger partial charge < -0.3 is 14.9 Å². The second-order valence-corrected chi connectivity index (χ2v) is 4.96. The molecule has 1 N–H and O–H groups in total. The smallest absolute Gasteiger partial charge is 0.226 e. The fraction of sp³-hybridized carbons (Fsp3) is 0.692. The molecule has 18 heavy (non-hydrogen) atoms. The van der Waals surface area contributed by atoms with Gasteiger partial charge in [-0.1, -0.05) is 0 Å². The Morgan fingerprint density at radius 3 is 3.00 bits per heavy atom. The van der Waals surface area contributed by atoms with E-state index >= 15 is 0 Å². The Labute approximate surface area is 108 Å². The highest BCUT2D eigenvalue weighted by Gasteiger charge is 2.23. The number of aliphatic hydroxyl groups is 1. The maximum Gasteiger partial charge on any atom is 0.226 e. The molecule has 1 saturated heterocycles. The van der Waals surface area contributed by atoms with Gasteiger partial charge in [0.15, 0.2) is 0 Å². The zero-order valence-corrected chi connectivity index (χ0v) is 11.2.